The minimum Gasteiger partial charge on any atom is -0.494 e. The number of carbonyl (C=O) groups is 1. The van der Waals surface area contributed by atoms with Gasteiger partial charge in [-0.1, -0.05) is 0 Å². The Morgan fingerprint density at radius 2 is 1.94 bits per heavy atom. The van der Waals surface area contributed by atoms with Gasteiger partial charge in [-0.3, -0.25) is 9.48 Å². The molecule has 5 rings (SSSR count). The molecule has 4 aromatic rings. The van der Waals surface area contributed by atoms with Crippen molar-refractivity contribution in [2.75, 3.05) is 13.7 Å². The molecule has 1 aliphatic rings. The summed E-state index contributed by atoms with van der Waals surface area (Å²) in [5, 5.41) is 8.80. The molecule has 0 unspecified atom stereocenters. The fourth-order valence-corrected chi connectivity index (χ4v) is 4.56. The lowest BCUT2D eigenvalue weighted by Gasteiger charge is -2.32. The lowest BCUT2D eigenvalue weighted by atomic mass is 9.95. The third-order valence-corrected chi connectivity index (χ3v) is 6.11. The first-order valence-electron chi connectivity index (χ1n) is 10.3. The maximum atomic E-state index is 13.9. The molecular formula is C23H20F3N5O2. The Bertz CT molecular complexity index is 1390. The highest BCUT2D eigenvalue weighted by molar-refractivity contribution is 6.02. The molecule has 0 saturated carbocycles. The fraction of sp³-hybridized carbons (Fsp3) is 0.261. The van der Waals surface area contributed by atoms with Crippen molar-refractivity contribution >= 4 is 11.4 Å². The van der Waals surface area contributed by atoms with Gasteiger partial charge in [0.05, 0.1) is 36.3 Å². The summed E-state index contributed by atoms with van der Waals surface area (Å²) in [5.41, 5.74) is 3.07. The second-order valence-corrected chi connectivity index (χ2v) is 7.94. The van der Waals surface area contributed by atoms with Crippen LogP contribution in [0.2, 0.25) is 0 Å². The van der Waals surface area contributed by atoms with Crippen LogP contribution in [0.4, 0.5) is 13.2 Å². The Hall–Kier alpha value is -3.82. The number of rotatable bonds is 3. The average molecular weight is 455 g/mol. The summed E-state index contributed by atoms with van der Waals surface area (Å²) in [4.78, 5) is 15.2. The zero-order valence-electron chi connectivity index (χ0n) is 18.1. The highest BCUT2D eigenvalue weighted by Crippen LogP contribution is 2.37. The van der Waals surface area contributed by atoms with Crippen molar-refractivity contribution in [2.24, 2.45) is 7.05 Å². The van der Waals surface area contributed by atoms with Gasteiger partial charge in [0, 0.05) is 30.9 Å². The summed E-state index contributed by atoms with van der Waals surface area (Å²) >= 11 is 0. The minimum atomic E-state index is -1.51. The first-order valence-corrected chi connectivity index (χ1v) is 10.3. The normalized spacial score (nSPS) is 15.7. The number of hydrogen-bond acceptors (Lipinski definition) is 4. The van der Waals surface area contributed by atoms with E-state index in [1.54, 1.807) is 34.8 Å². The number of nitrogens with zero attached hydrogens (tertiary/aromatic N) is 5. The summed E-state index contributed by atoms with van der Waals surface area (Å²) in [6, 6.07) is 5.06. The topological polar surface area (TPSA) is 64.7 Å². The van der Waals surface area contributed by atoms with Crippen LogP contribution in [0.15, 0.2) is 36.7 Å². The standard InChI is InChI=1S/C23H20F3N5O2/c1-12-20-14(21(29(2)28-20)13-9-16(24)19(26)17(25)10-13)6-8-30(12)23(32)15-11-27-31-7-4-5-18(33-3)22(15)31/h4-5,7,9-12H,6,8H2,1-3H3/t12-/m0/s1. The van der Waals surface area contributed by atoms with E-state index in [-0.39, 0.29) is 11.5 Å². The number of carbonyl (C=O) groups excluding carboxylic acids is 1. The molecule has 0 bridgehead atoms. The van der Waals surface area contributed by atoms with Crippen LogP contribution in [0, 0.1) is 17.5 Å². The Kier molecular flexibility index (Phi) is 4.88. The molecule has 0 fully saturated rings. The van der Waals surface area contributed by atoms with Crippen molar-refractivity contribution in [3.8, 4) is 17.0 Å². The van der Waals surface area contributed by atoms with Crippen molar-refractivity contribution < 1.29 is 22.7 Å². The van der Waals surface area contributed by atoms with Gasteiger partial charge in [-0.2, -0.15) is 10.2 Å². The third kappa shape index (κ3) is 3.16. The van der Waals surface area contributed by atoms with Crippen LogP contribution in [0.25, 0.3) is 16.8 Å². The zero-order valence-corrected chi connectivity index (χ0v) is 18.1. The van der Waals surface area contributed by atoms with Gasteiger partial charge < -0.3 is 9.64 Å². The van der Waals surface area contributed by atoms with Gasteiger partial charge in [-0.05, 0) is 37.6 Å². The number of benzene rings is 1. The number of methoxy groups -OCH3 is 1. The van der Waals surface area contributed by atoms with Crippen molar-refractivity contribution in [1.82, 2.24) is 24.3 Å². The summed E-state index contributed by atoms with van der Waals surface area (Å²) < 4.78 is 49.7. The van der Waals surface area contributed by atoms with Crippen LogP contribution in [0.1, 0.15) is 34.6 Å². The summed E-state index contributed by atoms with van der Waals surface area (Å²) in [5.74, 6) is -3.73. The van der Waals surface area contributed by atoms with E-state index in [0.29, 0.717) is 41.2 Å². The predicted molar refractivity (Wildman–Crippen MR) is 113 cm³/mol. The highest BCUT2D eigenvalue weighted by atomic mass is 19.2. The third-order valence-electron chi connectivity index (χ3n) is 6.11. The van der Waals surface area contributed by atoms with Crippen LogP contribution in [-0.2, 0) is 13.5 Å². The molecule has 7 nitrogen and oxygen atoms in total. The molecule has 0 saturated heterocycles. The van der Waals surface area contributed by atoms with E-state index in [0.717, 1.165) is 17.7 Å². The zero-order chi connectivity index (χ0) is 23.4. The van der Waals surface area contributed by atoms with Crippen LogP contribution in [0.5, 0.6) is 5.75 Å². The Morgan fingerprint density at radius 1 is 1.21 bits per heavy atom. The maximum absolute atomic E-state index is 13.9. The maximum Gasteiger partial charge on any atom is 0.258 e. The summed E-state index contributed by atoms with van der Waals surface area (Å²) in [7, 11) is 3.19. The molecule has 0 radical (unpaired) electrons. The molecule has 3 aromatic heterocycles. The smallest absolute Gasteiger partial charge is 0.258 e. The molecule has 0 aliphatic carbocycles. The molecule has 10 heteroatoms. The summed E-state index contributed by atoms with van der Waals surface area (Å²) in [6.07, 6.45) is 3.67. The lowest BCUT2D eigenvalue weighted by molar-refractivity contribution is 0.0675. The van der Waals surface area contributed by atoms with E-state index in [9.17, 15) is 18.0 Å². The molecule has 33 heavy (non-hydrogen) atoms. The van der Waals surface area contributed by atoms with Crippen LogP contribution >= 0.6 is 0 Å². The van der Waals surface area contributed by atoms with Crippen LogP contribution in [0.3, 0.4) is 0 Å². The highest BCUT2D eigenvalue weighted by Gasteiger charge is 2.35. The van der Waals surface area contributed by atoms with Gasteiger partial charge in [-0.25, -0.2) is 17.7 Å². The monoisotopic (exact) mass is 455 g/mol. The number of ether oxygens (including phenoxy) is 1. The first kappa shape index (κ1) is 21.0. The number of halogens is 3. The number of aryl methyl sites for hydroxylation is 1. The number of amides is 1. The molecule has 0 spiro atoms. The number of aromatic nitrogens is 4. The van der Waals surface area contributed by atoms with Crippen LogP contribution < -0.4 is 4.74 Å². The second kappa shape index (κ2) is 7.65. The van der Waals surface area contributed by atoms with E-state index in [1.165, 1.54) is 18.0 Å². The molecule has 1 aromatic carbocycles. The van der Waals surface area contributed by atoms with E-state index in [4.69, 9.17) is 4.74 Å². The molecule has 1 amide bonds. The molecular weight excluding hydrogens is 435 g/mol. The molecule has 4 heterocycles. The second-order valence-electron chi connectivity index (χ2n) is 7.94. The Labute approximate surface area is 187 Å². The van der Waals surface area contributed by atoms with Gasteiger partial charge in [-0.15, -0.1) is 0 Å². The van der Waals surface area contributed by atoms with Crippen molar-refractivity contribution in [3.05, 3.63) is 70.9 Å². The van der Waals surface area contributed by atoms with Gasteiger partial charge >= 0.3 is 0 Å². The molecule has 0 N–H and O–H groups in total. The number of pyridine rings is 1. The SMILES string of the molecule is COc1cccn2ncc(C(=O)N3CCc4c(nn(C)c4-c4cc(F)c(F)c(F)c4)[C@@H]3C)c12. The quantitative estimate of drug-likeness (QED) is 0.440. The Morgan fingerprint density at radius 3 is 2.64 bits per heavy atom. The summed E-state index contributed by atoms with van der Waals surface area (Å²) in [6.45, 7) is 2.21. The van der Waals surface area contributed by atoms with Crippen LogP contribution in [-0.4, -0.2) is 43.9 Å². The van der Waals surface area contributed by atoms with E-state index in [2.05, 4.69) is 10.2 Å². The predicted octanol–water partition coefficient (Wildman–Crippen LogP) is 3.92. The van der Waals surface area contributed by atoms with Gasteiger partial charge in [0.2, 0.25) is 0 Å². The van der Waals surface area contributed by atoms with E-state index < -0.39 is 23.5 Å². The van der Waals surface area contributed by atoms with Gasteiger partial charge in [0.25, 0.3) is 5.91 Å². The van der Waals surface area contributed by atoms with Crippen molar-refractivity contribution in [3.63, 3.8) is 0 Å². The lowest BCUT2D eigenvalue weighted by Crippen LogP contribution is -2.38. The number of hydrogen-bond donors (Lipinski definition) is 0. The van der Waals surface area contributed by atoms with E-state index in [1.807, 2.05) is 6.92 Å². The van der Waals surface area contributed by atoms with E-state index >= 15 is 0 Å². The molecule has 1 atom stereocenters. The number of fused-ring (bicyclic) bond motifs is 2. The molecule has 1 aliphatic heterocycles. The first-order chi connectivity index (χ1) is 15.8. The fourth-order valence-electron chi connectivity index (χ4n) is 4.56. The Balaban J connectivity index is 1.54. The largest absolute Gasteiger partial charge is 0.494 e. The minimum absolute atomic E-state index is 0.196. The van der Waals surface area contributed by atoms with Crippen molar-refractivity contribution in [2.45, 2.75) is 19.4 Å². The average Bonchev–Trinajstić information content (AvgIpc) is 3.38. The molecule has 170 valence electrons. The van der Waals surface area contributed by atoms with Gasteiger partial charge in [0.1, 0.15) is 11.3 Å². The van der Waals surface area contributed by atoms with Gasteiger partial charge in [0.15, 0.2) is 17.5 Å². The van der Waals surface area contributed by atoms with Crippen molar-refractivity contribution in [1.29, 1.82) is 0 Å².